The van der Waals surface area contributed by atoms with E-state index in [9.17, 15) is 4.79 Å². The minimum absolute atomic E-state index is 0.117. The number of benzene rings is 2. The molecule has 0 bridgehead atoms. The Morgan fingerprint density at radius 2 is 1.79 bits per heavy atom. The molecule has 2 aliphatic rings. The molecule has 0 amide bonds. The highest BCUT2D eigenvalue weighted by Crippen LogP contribution is 2.40. The third-order valence-corrected chi connectivity index (χ3v) is 9.05. The number of hydrogen-bond acceptors (Lipinski definition) is 6. The minimum atomic E-state index is -0.117. The van der Waals surface area contributed by atoms with Gasteiger partial charge in [0.05, 0.1) is 40.9 Å². The van der Waals surface area contributed by atoms with Crippen molar-refractivity contribution in [3.63, 3.8) is 0 Å². The molecule has 1 saturated carbocycles. The quantitative estimate of drug-likeness (QED) is 0.295. The molecule has 9 nitrogen and oxygen atoms in total. The Morgan fingerprint density at radius 3 is 2.62 bits per heavy atom. The predicted octanol–water partition coefficient (Wildman–Crippen LogP) is 5.64. The molecule has 0 spiro atoms. The number of likely N-dealkylation sites (tertiary alicyclic amines) is 1. The molecule has 2 fully saturated rings. The monoisotopic (exact) mass is 556 g/mol. The molecule has 1 aliphatic carbocycles. The van der Waals surface area contributed by atoms with Crippen LogP contribution in [0.3, 0.4) is 0 Å². The molecule has 1 aliphatic heterocycles. The van der Waals surface area contributed by atoms with E-state index in [-0.39, 0.29) is 5.56 Å². The van der Waals surface area contributed by atoms with Gasteiger partial charge >= 0.3 is 0 Å². The second-order valence-corrected chi connectivity index (χ2v) is 11.8. The molecule has 0 radical (unpaired) electrons. The maximum Gasteiger partial charge on any atom is 0.279 e. The van der Waals surface area contributed by atoms with Crippen molar-refractivity contribution < 1.29 is 0 Å². The number of aromatic amines is 1. The Kier molecular flexibility index (Phi) is 5.82. The van der Waals surface area contributed by atoms with Gasteiger partial charge < -0.3 is 9.88 Å². The molecule has 5 heterocycles. The summed E-state index contributed by atoms with van der Waals surface area (Å²) in [5, 5.41) is 11.8. The van der Waals surface area contributed by atoms with Crippen LogP contribution in [0.25, 0.3) is 50.0 Å². The van der Waals surface area contributed by atoms with Crippen LogP contribution in [0.2, 0.25) is 0 Å². The van der Waals surface area contributed by atoms with Crippen LogP contribution in [-0.2, 0) is 0 Å². The zero-order chi connectivity index (χ0) is 28.4. The van der Waals surface area contributed by atoms with E-state index < -0.39 is 0 Å². The Labute approximate surface area is 242 Å². The van der Waals surface area contributed by atoms with Gasteiger partial charge in [0, 0.05) is 28.1 Å². The Bertz CT molecular complexity index is 2020. The van der Waals surface area contributed by atoms with Crippen molar-refractivity contribution in [2.45, 2.75) is 44.6 Å². The van der Waals surface area contributed by atoms with Gasteiger partial charge in [0.25, 0.3) is 5.56 Å². The zero-order valence-corrected chi connectivity index (χ0v) is 23.8. The van der Waals surface area contributed by atoms with Crippen LogP contribution in [-0.4, -0.2) is 59.5 Å². The fourth-order valence-corrected chi connectivity index (χ4v) is 6.37. The smallest absolute Gasteiger partial charge is 0.279 e. The lowest BCUT2D eigenvalue weighted by atomic mass is 10.0. The average Bonchev–Trinajstić information content (AvgIpc) is 3.57. The Hall–Kier alpha value is -4.63. The van der Waals surface area contributed by atoms with Crippen LogP contribution in [0.15, 0.2) is 72.2 Å². The van der Waals surface area contributed by atoms with E-state index in [1.165, 1.54) is 23.1 Å². The molecule has 210 valence electrons. The van der Waals surface area contributed by atoms with Crippen molar-refractivity contribution in [2.75, 3.05) is 20.1 Å². The summed E-state index contributed by atoms with van der Waals surface area (Å²) in [6.07, 6.45) is 12.1. The van der Waals surface area contributed by atoms with Crippen LogP contribution in [0.4, 0.5) is 0 Å². The highest BCUT2D eigenvalue weighted by molar-refractivity contribution is 5.95. The first-order chi connectivity index (χ1) is 20.5. The van der Waals surface area contributed by atoms with E-state index in [4.69, 9.17) is 10.1 Å². The normalized spacial score (nSPS) is 16.5. The van der Waals surface area contributed by atoms with Crippen molar-refractivity contribution in [3.8, 4) is 28.2 Å². The van der Waals surface area contributed by atoms with Gasteiger partial charge in [-0.2, -0.15) is 14.9 Å². The number of nitrogens with one attached hydrogen (secondary N) is 1. The standard InChI is InChI=1S/C33H32N8O/c1-20-26(4-3-5-30(20)41-33(42)27-9-8-22(21-6-7-21)14-23(27)16-37-41)31-28-15-29(38-32(28)35-19-34-31)24-17-36-40(18-24)25-10-12-39(2)13-11-25/h3-5,8-9,14-19,21,25H,6-7,10-13H2,1-2H3,(H,34,35,38). The lowest BCUT2D eigenvalue weighted by Gasteiger charge is -2.28. The average molecular weight is 557 g/mol. The maximum absolute atomic E-state index is 13.6. The first-order valence-corrected chi connectivity index (χ1v) is 14.7. The Morgan fingerprint density at radius 1 is 0.929 bits per heavy atom. The first kappa shape index (κ1) is 25.1. The van der Waals surface area contributed by atoms with Crippen LogP contribution in [0, 0.1) is 6.92 Å². The summed E-state index contributed by atoms with van der Waals surface area (Å²) in [6, 6.07) is 14.6. The predicted molar refractivity (Wildman–Crippen MR) is 164 cm³/mol. The fraction of sp³-hybridized carbons (Fsp3) is 0.303. The molecule has 1 saturated heterocycles. The van der Waals surface area contributed by atoms with Crippen molar-refractivity contribution in [1.82, 2.24) is 39.4 Å². The molecule has 8 rings (SSSR count). The highest BCUT2D eigenvalue weighted by Gasteiger charge is 2.24. The summed E-state index contributed by atoms with van der Waals surface area (Å²) in [7, 11) is 2.17. The summed E-state index contributed by atoms with van der Waals surface area (Å²) in [6.45, 7) is 4.20. The minimum Gasteiger partial charge on any atom is -0.339 e. The van der Waals surface area contributed by atoms with E-state index in [0.717, 1.165) is 76.1 Å². The van der Waals surface area contributed by atoms with Gasteiger partial charge in [-0.3, -0.25) is 9.48 Å². The van der Waals surface area contributed by atoms with Crippen LogP contribution >= 0.6 is 0 Å². The van der Waals surface area contributed by atoms with E-state index in [0.29, 0.717) is 17.3 Å². The molecule has 42 heavy (non-hydrogen) atoms. The largest absolute Gasteiger partial charge is 0.339 e. The SMILES string of the molecule is Cc1c(-c2ncnc3[nH]c(-c4cnn(C5CCN(C)CC5)c4)cc23)cccc1-n1ncc2cc(C3CC3)ccc2c1=O. The van der Waals surface area contributed by atoms with Gasteiger partial charge in [-0.05, 0) is 94.1 Å². The van der Waals surface area contributed by atoms with E-state index >= 15 is 0 Å². The molecular formula is C33H32N8O. The van der Waals surface area contributed by atoms with E-state index in [1.54, 1.807) is 6.33 Å². The van der Waals surface area contributed by atoms with Gasteiger partial charge in [-0.15, -0.1) is 0 Å². The number of hydrogen-bond donors (Lipinski definition) is 1. The molecule has 9 heteroatoms. The third kappa shape index (κ3) is 4.23. The van der Waals surface area contributed by atoms with Gasteiger partial charge in [0.1, 0.15) is 12.0 Å². The van der Waals surface area contributed by atoms with Crippen LogP contribution in [0.5, 0.6) is 0 Å². The van der Waals surface area contributed by atoms with E-state index in [2.05, 4.69) is 56.1 Å². The number of aromatic nitrogens is 7. The molecule has 0 atom stereocenters. The molecule has 4 aromatic heterocycles. The van der Waals surface area contributed by atoms with Gasteiger partial charge in [-0.1, -0.05) is 18.2 Å². The van der Waals surface area contributed by atoms with Crippen molar-refractivity contribution in [3.05, 3.63) is 88.9 Å². The molecule has 2 aromatic carbocycles. The lowest BCUT2D eigenvalue weighted by molar-refractivity contribution is 0.212. The van der Waals surface area contributed by atoms with Crippen LogP contribution in [0.1, 0.15) is 48.8 Å². The lowest BCUT2D eigenvalue weighted by Crippen LogP contribution is -2.31. The number of rotatable bonds is 5. The number of fused-ring (bicyclic) bond motifs is 2. The number of piperidine rings is 1. The van der Waals surface area contributed by atoms with Gasteiger partial charge in [-0.25, -0.2) is 9.97 Å². The zero-order valence-electron chi connectivity index (χ0n) is 23.8. The van der Waals surface area contributed by atoms with Crippen molar-refractivity contribution in [1.29, 1.82) is 0 Å². The number of H-pyrrole nitrogens is 1. The summed E-state index contributed by atoms with van der Waals surface area (Å²) in [5.41, 5.74) is 7.35. The summed E-state index contributed by atoms with van der Waals surface area (Å²) in [5.74, 6) is 0.629. The fourth-order valence-electron chi connectivity index (χ4n) is 6.37. The Balaban J connectivity index is 1.16. The topological polar surface area (TPSA) is 97.5 Å². The maximum atomic E-state index is 13.6. The van der Waals surface area contributed by atoms with Gasteiger partial charge in [0.15, 0.2) is 0 Å². The number of nitrogens with zero attached hydrogens (tertiary/aromatic N) is 7. The second kappa shape index (κ2) is 9.73. The van der Waals surface area contributed by atoms with Crippen molar-refractivity contribution in [2.24, 2.45) is 0 Å². The summed E-state index contributed by atoms with van der Waals surface area (Å²) < 4.78 is 3.62. The van der Waals surface area contributed by atoms with E-state index in [1.807, 2.05) is 43.6 Å². The molecule has 6 aromatic rings. The third-order valence-electron chi connectivity index (χ3n) is 9.05. The second-order valence-electron chi connectivity index (χ2n) is 11.8. The molecule has 0 unspecified atom stereocenters. The summed E-state index contributed by atoms with van der Waals surface area (Å²) in [4.78, 5) is 28.7. The highest BCUT2D eigenvalue weighted by atomic mass is 16.1. The first-order valence-electron chi connectivity index (χ1n) is 14.7. The summed E-state index contributed by atoms with van der Waals surface area (Å²) >= 11 is 0. The van der Waals surface area contributed by atoms with Crippen molar-refractivity contribution >= 4 is 21.8 Å². The van der Waals surface area contributed by atoms with Gasteiger partial charge in [0.2, 0.25) is 0 Å². The molecular weight excluding hydrogens is 524 g/mol. The molecule has 1 N–H and O–H groups in total. The van der Waals surface area contributed by atoms with Crippen LogP contribution < -0.4 is 5.56 Å².